The summed E-state index contributed by atoms with van der Waals surface area (Å²) in [6, 6.07) is 4.82. The number of rotatable bonds is 7. The van der Waals surface area contributed by atoms with E-state index in [4.69, 9.17) is 16.3 Å². The van der Waals surface area contributed by atoms with Gasteiger partial charge in [-0.2, -0.15) is 0 Å². The Morgan fingerprint density at radius 1 is 1.30 bits per heavy atom. The number of esters is 1. The summed E-state index contributed by atoms with van der Waals surface area (Å²) in [4.78, 5) is 49.3. The molecule has 1 saturated heterocycles. The molecular formula is C18H22ClN3O5. The molecule has 0 aromatic heterocycles. The standard InChI is InChI=1S/C18H22ClN3O5/c1-3-11(2)15(21-16(24)12-4-6-13(19)7-5-12)17(25)27-10-14(23)22-9-8-20-18(22)26/h4-7,11,15H,3,8-10H2,1-2H3,(H,20,26)(H,21,24). The highest BCUT2D eigenvalue weighted by molar-refractivity contribution is 6.30. The van der Waals surface area contributed by atoms with Crippen LogP contribution in [0, 0.1) is 5.92 Å². The molecule has 1 fully saturated rings. The van der Waals surface area contributed by atoms with Gasteiger partial charge in [0.1, 0.15) is 6.04 Å². The lowest BCUT2D eigenvalue weighted by atomic mass is 9.99. The molecule has 0 radical (unpaired) electrons. The summed E-state index contributed by atoms with van der Waals surface area (Å²) in [7, 11) is 0. The monoisotopic (exact) mass is 395 g/mol. The van der Waals surface area contributed by atoms with Crippen LogP contribution in [0.15, 0.2) is 24.3 Å². The minimum atomic E-state index is -0.918. The van der Waals surface area contributed by atoms with E-state index in [1.54, 1.807) is 31.2 Å². The van der Waals surface area contributed by atoms with Crippen molar-refractivity contribution in [1.29, 1.82) is 0 Å². The molecule has 1 aromatic carbocycles. The third kappa shape index (κ3) is 5.43. The van der Waals surface area contributed by atoms with Crippen LogP contribution in [0.2, 0.25) is 5.02 Å². The second-order valence-corrected chi connectivity index (χ2v) is 6.67. The zero-order chi connectivity index (χ0) is 20.0. The fourth-order valence-corrected chi connectivity index (χ4v) is 2.63. The summed E-state index contributed by atoms with van der Waals surface area (Å²) in [5.74, 6) is -1.98. The Labute approximate surface area is 162 Å². The maximum Gasteiger partial charge on any atom is 0.329 e. The third-order valence-electron chi connectivity index (χ3n) is 4.36. The van der Waals surface area contributed by atoms with Gasteiger partial charge in [-0.05, 0) is 30.2 Å². The number of amides is 4. The van der Waals surface area contributed by atoms with Crippen molar-refractivity contribution < 1.29 is 23.9 Å². The van der Waals surface area contributed by atoms with Crippen molar-refractivity contribution in [3.8, 4) is 0 Å². The number of hydrogen-bond donors (Lipinski definition) is 2. The Kier molecular flexibility index (Phi) is 7.18. The quantitative estimate of drug-likeness (QED) is 0.682. The number of benzene rings is 1. The van der Waals surface area contributed by atoms with Crippen LogP contribution in [0.1, 0.15) is 30.6 Å². The number of urea groups is 1. The van der Waals surface area contributed by atoms with Crippen molar-refractivity contribution in [2.45, 2.75) is 26.3 Å². The number of imide groups is 1. The fourth-order valence-electron chi connectivity index (χ4n) is 2.51. The topological polar surface area (TPSA) is 105 Å². The molecule has 0 spiro atoms. The molecule has 2 unspecified atom stereocenters. The van der Waals surface area contributed by atoms with Gasteiger partial charge >= 0.3 is 12.0 Å². The molecule has 0 saturated carbocycles. The van der Waals surface area contributed by atoms with E-state index >= 15 is 0 Å². The van der Waals surface area contributed by atoms with Gasteiger partial charge in [0.25, 0.3) is 11.8 Å². The number of hydrogen-bond acceptors (Lipinski definition) is 5. The number of nitrogens with zero attached hydrogens (tertiary/aromatic N) is 1. The average Bonchev–Trinajstić information content (AvgIpc) is 3.09. The minimum absolute atomic E-state index is 0.209. The lowest BCUT2D eigenvalue weighted by Crippen LogP contribution is -2.47. The van der Waals surface area contributed by atoms with Gasteiger partial charge in [0, 0.05) is 23.7 Å². The van der Waals surface area contributed by atoms with Gasteiger partial charge in [0.05, 0.1) is 0 Å². The SMILES string of the molecule is CCC(C)C(NC(=O)c1ccc(Cl)cc1)C(=O)OCC(=O)N1CCNC1=O. The molecule has 27 heavy (non-hydrogen) atoms. The third-order valence-corrected chi connectivity index (χ3v) is 4.61. The van der Waals surface area contributed by atoms with Gasteiger partial charge in [0.15, 0.2) is 6.61 Å². The van der Waals surface area contributed by atoms with Crippen molar-refractivity contribution >= 4 is 35.4 Å². The molecule has 1 heterocycles. The predicted molar refractivity (Wildman–Crippen MR) is 98.2 cm³/mol. The van der Waals surface area contributed by atoms with E-state index in [9.17, 15) is 19.2 Å². The lowest BCUT2D eigenvalue weighted by molar-refractivity contribution is -0.153. The molecule has 146 valence electrons. The molecule has 8 nitrogen and oxygen atoms in total. The van der Waals surface area contributed by atoms with Crippen LogP contribution in [0.4, 0.5) is 4.79 Å². The van der Waals surface area contributed by atoms with Crippen LogP contribution >= 0.6 is 11.6 Å². The van der Waals surface area contributed by atoms with Gasteiger partial charge in [-0.15, -0.1) is 0 Å². The van der Waals surface area contributed by atoms with Gasteiger partial charge in [-0.25, -0.2) is 9.59 Å². The second kappa shape index (κ2) is 9.36. The second-order valence-electron chi connectivity index (χ2n) is 6.23. The van der Waals surface area contributed by atoms with Gasteiger partial charge < -0.3 is 15.4 Å². The zero-order valence-corrected chi connectivity index (χ0v) is 15.9. The highest BCUT2D eigenvalue weighted by Gasteiger charge is 2.31. The molecule has 1 aliphatic rings. The highest BCUT2D eigenvalue weighted by atomic mass is 35.5. The Balaban J connectivity index is 1.98. The Bertz CT molecular complexity index is 722. The van der Waals surface area contributed by atoms with Crippen molar-refractivity contribution in [2.75, 3.05) is 19.7 Å². The number of ether oxygens (including phenoxy) is 1. The van der Waals surface area contributed by atoms with Crippen LogP contribution in [0.25, 0.3) is 0 Å². The summed E-state index contributed by atoms with van der Waals surface area (Å²) < 4.78 is 5.06. The van der Waals surface area contributed by atoms with Crippen molar-refractivity contribution in [3.63, 3.8) is 0 Å². The Morgan fingerprint density at radius 3 is 2.52 bits per heavy atom. The molecule has 1 aliphatic heterocycles. The molecule has 2 N–H and O–H groups in total. The Morgan fingerprint density at radius 2 is 1.96 bits per heavy atom. The number of carbonyl (C=O) groups is 4. The normalized spacial score (nSPS) is 15.7. The first-order valence-corrected chi connectivity index (χ1v) is 9.02. The van der Waals surface area contributed by atoms with E-state index in [1.807, 2.05) is 6.92 Å². The molecule has 4 amide bonds. The summed E-state index contributed by atoms with van der Waals surface area (Å²) >= 11 is 5.81. The molecule has 1 aromatic rings. The first-order chi connectivity index (χ1) is 12.8. The largest absolute Gasteiger partial charge is 0.454 e. The van der Waals surface area contributed by atoms with Gasteiger partial charge in [-0.1, -0.05) is 31.9 Å². The van der Waals surface area contributed by atoms with E-state index in [1.165, 1.54) is 0 Å². The lowest BCUT2D eigenvalue weighted by Gasteiger charge is -2.23. The van der Waals surface area contributed by atoms with Crippen molar-refractivity contribution in [1.82, 2.24) is 15.5 Å². The van der Waals surface area contributed by atoms with Crippen molar-refractivity contribution in [3.05, 3.63) is 34.9 Å². The summed E-state index contributed by atoms with van der Waals surface area (Å²) in [5, 5.41) is 5.63. The minimum Gasteiger partial charge on any atom is -0.454 e. The van der Waals surface area contributed by atoms with E-state index in [-0.39, 0.29) is 12.5 Å². The van der Waals surface area contributed by atoms with Crippen LogP contribution in [0.3, 0.4) is 0 Å². The highest BCUT2D eigenvalue weighted by Crippen LogP contribution is 2.13. The molecular weight excluding hydrogens is 374 g/mol. The van der Waals surface area contributed by atoms with E-state index in [0.29, 0.717) is 23.6 Å². The number of carbonyl (C=O) groups excluding carboxylic acids is 4. The fraction of sp³-hybridized carbons (Fsp3) is 0.444. The van der Waals surface area contributed by atoms with E-state index < -0.39 is 36.5 Å². The first-order valence-electron chi connectivity index (χ1n) is 8.64. The van der Waals surface area contributed by atoms with Gasteiger partial charge in [0.2, 0.25) is 0 Å². The van der Waals surface area contributed by atoms with E-state index in [0.717, 1.165) is 4.90 Å². The first kappa shape index (κ1) is 20.7. The number of nitrogens with one attached hydrogen (secondary N) is 2. The van der Waals surface area contributed by atoms with E-state index in [2.05, 4.69) is 10.6 Å². The smallest absolute Gasteiger partial charge is 0.329 e. The number of halogens is 1. The van der Waals surface area contributed by atoms with Crippen molar-refractivity contribution in [2.24, 2.45) is 5.92 Å². The zero-order valence-electron chi connectivity index (χ0n) is 15.2. The molecule has 9 heteroatoms. The predicted octanol–water partition coefficient (Wildman–Crippen LogP) is 1.58. The van der Waals surface area contributed by atoms with Crippen LogP contribution < -0.4 is 10.6 Å². The summed E-state index contributed by atoms with van der Waals surface area (Å²) in [6.07, 6.45) is 0.614. The maximum atomic E-state index is 12.4. The molecule has 0 aliphatic carbocycles. The Hall–Kier alpha value is -2.61. The summed E-state index contributed by atoms with van der Waals surface area (Å²) in [6.45, 7) is 3.71. The molecule has 0 bridgehead atoms. The van der Waals surface area contributed by atoms with Crippen LogP contribution in [-0.2, 0) is 14.3 Å². The van der Waals surface area contributed by atoms with Crippen LogP contribution in [-0.4, -0.2) is 54.5 Å². The molecule has 2 rings (SSSR count). The summed E-state index contributed by atoms with van der Waals surface area (Å²) in [5.41, 5.74) is 0.352. The van der Waals surface area contributed by atoms with Crippen LogP contribution in [0.5, 0.6) is 0 Å². The average molecular weight is 396 g/mol. The van der Waals surface area contributed by atoms with Gasteiger partial charge in [-0.3, -0.25) is 14.5 Å². The molecule has 2 atom stereocenters. The maximum absolute atomic E-state index is 12.4.